The van der Waals surface area contributed by atoms with Crippen molar-refractivity contribution in [1.29, 1.82) is 0 Å². The molecule has 13 nitrogen and oxygen atoms in total. The normalized spacial score (nSPS) is 14.5. The molecule has 4 heterocycles. The Hall–Kier alpha value is -6.41. The van der Waals surface area contributed by atoms with Crippen LogP contribution in [-0.2, 0) is 20.7 Å². The molecule has 2 atom stereocenters. The van der Waals surface area contributed by atoms with Crippen molar-refractivity contribution in [2.24, 2.45) is 0 Å². The highest BCUT2D eigenvalue weighted by molar-refractivity contribution is 5.89. The minimum absolute atomic E-state index is 0.00765. The summed E-state index contributed by atoms with van der Waals surface area (Å²) in [6, 6.07) is 20.8. The van der Waals surface area contributed by atoms with Crippen LogP contribution in [0.2, 0.25) is 0 Å². The highest BCUT2D eigenvalue weighted by atomic mass is 19.1. The zero-order chi connectivity index (χ0) is 39.0. The van der Waals surface area contributed by atoms with Gasteiger partial charge in [-0.2, -0.15) is 0 Å². The number of H-pyrrole nitrogens is 2. The minimum Gasteiger partial charge on any atom is -0.453 e. The predicted octanol–water partition coefficient (Wildman–Crippen LogP) is 6.24. The van der Waals surface area contributed by atoms with Gasteiger partial charge in [-0.15, -0.1) is 0 Å². The number of likely N-dealkylation sites (tertiary alicyclic amines) is 1. The first-order chi connectivity index (χ1) is 27.3. The van der Waals surface area contributed by atoms with E-state index in [1.807, 2.05) is 36.5 Å². The molecule has 1 unspecified atom stereocenters. The van der Waals surface area contributed by atoms with Crippen molar-refractivity contribution in [3.63, 3.8) is 0 Å². The third-order valence-electron chi connectivity index (χ3n) is 9.99. The summed E-state index contributed by atoms with van der Waals surface area (Å²) in [5.41, 5.74) is 4.64. The molecular weight excluding hydrogens is 714 g/mol. The lowest BCUT2D eigenvalue weighted by molar-refractivity contribution is -0.134. The fourth-order valence-electron chi connectivity index (χ4n) is 7.10. The molecule has 1 fully saturated rings. The van der Waals surface area contributed by atoms with Gasteiger partial charge < -0.3 is 35.6 Å². The van der Waals surface area contributed by atoms with Crippen LogP contribution >= 0.6 is 0 Å². The lowest BCUT2D eigenvalue weighted by Crippen LogP contribution is -2.42. The number of rotatable bonds is 14. The number of imidazole rings is 2. The number of fused-ring (bicyclic) bond motifs is 1. The van der Waals surface area contributed by atoms with E-state index in [1.165, 1.54) is 13.2 Å². The molecule has 6 aromatic rings. The van der Waals surface area contributed by atoms with Gasteiger partial charge in [-0.25, -0.2) is 19.2 Å². The Morgan fingerprint density at radius 1 is 0.911 bits per heavy atom. The molecule has 1 saturated heterocycles. The van der Waals surface area contributed by atoms with Crippen molar-refractivity contribution in [3.8, 4) is 33.8 Å². The first-order valence-electron chi connectivity index (χ1n) is 18.7. The minimum atomic E-state index is -0.934. The number of halogens is 1. The predicted molar refractivity (Wildman–Crippen MR) is 211 cm³/mol. The Morgan fingerprint density at radius 3 is 2.54 bits per heavy atom. The van der Waals surface area contributed by atoms with E-state index in [1.54, 1.807) is 54.7 Å². The molecule has 0 saturated carbocycles. The Balaban J connectivity index is 1.01. The van der Waals surface area contributed by atoms with E-state index in [0.717, 1.165) is 53.5 Å². The average molecular weight is 758 g/mol. The molecule has 3 aromatic carbocycles. The van der Waals surface area contributed by atoms with Gasteiger partial charge in [-0.3, -0.25) is 14.6 Å². The second-order valence-electron chi connectivity index (χ2n) is 13.8. The summed E-state index contributed by atoms with van der Waals surface area (Å²) in [7, 11) is 3.00. The molecule has 1 aliphatic rings. The number of pyridine rings is 1. The lowest BCUT2D eigenvalue weighted by atomic mass is 10.0. The number of aryl methyl sites for hydroxylation is 1. The van der Waals surface area contributed by atoms with Crippen molar-refractivity contribution in [3.05, 3.63) is 114 Å². The largest absolute Gasteiger partial charge is 0.453 e. The van der Waals surface area contributed by atoms with Crippen molar-refractivity contribution >= 4 is 28.7 Å². The number of unbranched alkanes of at least 4 members (excludes halogenated alkanes) is 1. The standard InChI is InChI=1S/C42H44FN9O4/c1-44-25-38(53)45-17-7-6-12-37-47-23-34(49-37)28-14-13-27-21-33(46-22-30(27)19-28)29-15-16-31(32(43)20-29)35-24-48-40(50-35)36-11-8-18-52(36)41(54)39(51-42(55)56-2)26-9-4-3-5-10-26/h3-5,9-10,13-16,19-24,36,39,44H,6-8,11-12,17-18,25H2,1-2H3,(H,45,53)(H,47,49)(H,48,50)(H,51,55)/t36?,39-/m1/s1. The number of aromatic amines is 2. The molecule has 3 amide bonds. The number of alkyl carbamates (subject to hydrolysis) is 1. The maximum atomic E-state index is 15.8. The van der Waals surface area contributed by atoms with Crippen LogP contribution in [0.25, 0.3) is 44.5 Å². The van der Waals surface area contributed by atoms with Gasteiger partial charge in [-0.05, 0) is 67.9 Å². The summed E-state index contributed by atoms with van der Waals surface area (Å²) in [5, 5.41) is 10.3. The third kappa shape index (κ3) is 8.60. The molecule has 56 heavy (non-hydrogen) atoms. The third-order valence-corrected chi connectivity index (χ3v) is 9.99. The van der Waals surface area contributed by atoms with Gasteiger partial charge in [0.15, 0.2) is 0 Å². The number of nitrogens with zero attached hydrogens (tertiary/aromatic N) is 4. The van der Waals surface area contributed by atoms with Crippen LogP contribution in [0.1, 0.15) is 55.0 Å². The van der Waals surface area contributed by atoms with Gasteiger partial charge >= 0.3 is 6.09 Å². The Morgan fingerprint density at radius 2 is 1.73 bits per heavy atom. The highest BCUT2D eigenvalue weighted by Gasteiger charge is 2.37. The topological polar surface area (TPSA) is 170 Å². The smallest absolute Gasteiger partial charge is 0.407 e. The fraction of sp³-hybridized carbons (Fsp3) is 0.286. The van der Waals surface area contributed by atoms with Crippen molar-refractivity contribution in [1.82, 2.24) is 45.8 Å². The Bertz CT molecular complexity index is 2330. The first kappa shape index (κ1) is 37.9. The van der Waals surface area contributed by atoms with Gasteiger partial charge in [0.25, 0.3) is 5.91 Å². The number of amides is 3. The molecule has 288 valence electrons. The highest BCUT2D eigenvalue weighted by Crippen LogP contribution is 2.35. The summed E-state index contributed by atoms with van der Waals surface area (Å²) in [4.78, 5) is 59.8. The number of methoxy groups -OCH3 is 1. The van der Waals surface area contributed by atoms with Crippen molar-refractivity contribution in [2.45, 2.75) is 44.2 Å². The lowest BCUT2D eigenvalue weighted by Gasteiger charge is -2.28. The van der Waals surface area contributed by atoms with E-state index in [2.05, 4.69) is 46.9 Å². The number of carbonyl (C=O) groups is 3. The van der Waals surface area contributed by atoms with Crippen LogP contribution in [0, 0.1) is 5.82 Å². The molecule has 0 radical (unpaired) electrons. The number of aromatic nitrogens is 5. The van der Waals surface area contributed by atoms with Crippen LogP contribution in [0.4, 0.5) is 9.18 Å². The van der Waals surface area contributed by atoms with E-state index in [0.29, 0.717) is 60.0 Å². The van der Waals surface area contributed by atoms with Crippen molar-refractivity contribution < 1.29 is 23.5 Å². The van der Waals surface area contributed by atoms with E-state index in [-0.39, 0.29) is 17.9 Å². The Labute approximate surface area is 323 Å². The second-order valence-corrected chi connectivity index (χ2v) is 13.8. The molecule has 5 N–H and O–H groups in total. The molecule has 7 rings (SSSR count). The molecular formula is C42H44FN9O4. The summed E-state index contributed by atoms with van der Waals surface area (Å²) >= 11 is 0. The van der Waals surface area contributed by atoms with Gasteiger partial charge in [-0.1, -0.05) is 48.5 Å². The Kier molecular flexibility index (Phi) is 11.8. The fourth-order valence-corrected chi connectivity index (χ4v) is 7.10. The molecule has 1 aliphatic heterocycles. The van der Waals surface area contributed by atoms with Crippen LogP contribution in [0.5, 0.6) is 0 Å². The number of carbonyl (C=O) groups excluding carboxylic acids is 3. The van der Waals surface area contributed by atoms with Crippen LogP contribution in [0.15, 0.2) is 91.4 Å². The van der Waals surface area contributed by atoms with Crippen molar-refractivity contribution in [2.75, 3.05) is 33.8 Å². The number of benzene rings is 3. The summed E-state index contributed by atoms with van der Waals surface area (Å²) in [6.45, 7) is 1.44. The summed E-state index contributed by atoms with van der Waals surface area (Å²) < 4.78 is 20.6. The van der Waals surface area contributed by atoms with E-state index >= 15 is 4.39 Å². The molecule has 14 heteroatoms. The van der Waals surface area contributed by atoms with Gasteiger partial charge in [0.1, 0.15) is 23.5 Å². The zero-order valence-electron chi connectivity index (χ0n) is 31.3. The quantitative estimate of drug-likeness (QED) is 0.0814. The average Bonchev–Trinajstić information content (AvgIpc) is 4.01. The molecule has 0 spiro atoms. The summed E-state index contributed by atoms with van der Waals surface area (Å²) in [5.74, 6) is 0.716. The van der Waals surface area contributed by atoms with Gasteiger partial charge in [0.2, 0.25) is 5.91 Å². The van der Waals surface area contributed by atoms with E-state index in [4.69, 9.17) is 4.74 Å². The number of hydrogen-bond donors (Lipinski definition) is 5. The number of likely N-dealkylation sites (N-methyl/N-ethyl adjacent to an activating group) is 1. The zero-order valence-corrected chi connectivity index (χ0v) is 31.3. The van der Waals surface area contributed by atoms with Gasteiger partial charge in [0.05, 0.1) is 49.2 Å². The maximum absolute atomic E-state index is 15.8. The molecule has 0 bridgehead atoms. The summed E-state index contributed by atoms with van der Waals surface area (Å²) in [6.07, 6.45) is 8.46. The van der Waals surface area contributed by atoms with Crippen LogP contribution in [0.3, 0.4) is 0 Å². The molecule has 3 aromatic heterocycles. The van der Waals surface area contributed by atoms with E-state index < -0.39 is 18.0 Å². The number of nitrogens with one attached hydrogen (secondary N) is 5. The number of hydrogen-bond acceptors (Lipinski definition) is 8. The monoisotopic (exact) mass is 757 g/mol. The van der Waals surface area contributed by atoms with Crippen LogP contribution < -0.4 is 16.0 Å². The SMILES string of the molecule is CNCC(=O)NCCCCc1ncc(-c2ccc3cc(-c4ccc(-c5cnc(C6CCCN6C(=O)[C@H](NC(=O)OC)c6ccccc6)[nH]5)c(F)c4)ncc3c2)[nH]1. The first-order valence-corrected chi connectivity index (χ1v) is 18.7. The molecule has 0 aliphatic carbocycles. The van der Waals surface area contributed by atoms with Crippen LogP contribution in [-0.4, -0.2) is 81.5 Å². The number of ether oxygens (including phenoxy) is 1. The van der Waals surface area contributed by atoms with E-state index in [9.17, 15) is 14.4 Å². The second kappa shape index (κ2) is 17.4. The van der Waals surface area contributed by atoms with Gasteiger partial charge in [0, 0.05) is 47.8 Å². The maximum Gasteiger partial charge on any atom is 0.407 e.